The number of aromatic nitrogens is 2. The Hall–Kier alpha value is -3.22. The van der Waals surface area contributed by atoms with Crippen LogP contribution in [0.15, 0.2) is 42.7 Å². The summed E-state index contributed by atoms with van der Waals surface area (Å²) in [5.41, 5.74) is 6.01. The Morgan fingerprint density at radius 2 is 2.06 bits per heavy atom. The lowest BCUT2D eigenvalue weighted by Crippen LogP contribution is -2.31. The molecule has 7 heteroatoms. The van der Waals surface area contributed by atoms with E-state index in [1.807, 2.05) is 31.2 Å². The second kappa shape index (κ2) is 7.48. The average molecular weight is 422 g/mol. The van der Waals surface area contributed by atoms with Crippen molar-refractivity contribution in [2.45, 2.75) is 32.6 Å². The van der Waals surface area contributed by atoms with Crippen molar-refractivity contribution in [3.63, 3.8) is 0 Å². The monoisotopic (exact) mass is 422 g/mol. The first-order valence-electron chi connectivity index (χ1n) is 10.6. The van der Waals surface area contributed by atoms with E-state index in [4.69, 9.17) is 0 Å². The highest BCUT2D eigenvalue weighted by molar-refractivity contribution is 5.97. The van der Waals surface area contributed by atoms with Gasteiger partial charge in [-0.05, 0) is 54.7 Å². The number of halogens is 2. The van der Waals surface area contributed by atoms with Crippen LogP contribution in [0.5, 0.6) is 0 Å². The van der Waals surface area contributed by atoms with E-state index in [-0.39, 0.29) is 17.4 Å². The predicted molar refractivity (Wildman–Crippen MR) is 117 cm³/mol. The lowest BCUT2D eigenvalue weighted by molar-refractivity contribution is -0.119. The van der Waals surface area contributed by atoms with Crippen molar-refractivity contribution in [1.29, 1.82) is 0 Å². The summed E-state index contributed by atoms with van der Waals surface area (Å²) in [5.74, 6) is -0.104. The van der Waals surface area contributed by atoms with Gasteiger partial charge in [-0.3, -0.25) is 9.48 Å². The number of nitrogens with one attached hydrogen (secondary N) is 1. The SMILES string of the molecule is C[C@H]1Cc2c(cccc2N2CCCc3cc(-c4cnn(C)c4)c(C(F)F)cc32)NC1=O. The van der Waals surface area contributed by atoms with E-state index in [9.17, 15) is 13.6 Å². The van der Waals surface area contributed by atoms with E-state index in [2.05, 4.69) is 15.3 Å². The molecule has 0 bridgehead atoms. The fourth-order valence-corrected chi connectivity index (χ4v) is 4.70. The normalized spacial score (nSPS) is 18.0. The summed E-state index contributed by atoms with van der Waals surface area (Å²) >= 11 is 0. The Morgan fingerprint density at radius 3 is 2.81 bits per heavy atom. The highest BCUT2D eigenvalue weighted by atomic mass is 19.3. The van der Waals surface area contributed by atoms with Crippen molar-refractivity contribution in [3.8, 4) is 11.1 Å². The number of amides is 1. The molecule has 0 aliphatic carbocycles. The van der Waals surface area contributed by atoms with E-state index in [1.54, 1.807) is 30.2 Å². The summed E-state index contributed by atoms with van der Waals surface area (Å²) in [6.45, 7) is 2.66. The number of hydrogen-bond donors (Lipinski definition) is 1. The summed E-state index contributed by atoms with van der Waals surface area (Å²) in [5, 5.41) is 7.14. The van der Waals surface area contributed by atoms with Crippen LogP contribution in [0.1, 0.15) is 36.5 Å². The van der Waals surface area contributed by atoms with Crippen LogP contribution in [0.2, 0.25) is 0 Å². The maximum Gasteiger partial charge on any atom is 0.264 e. The smallest absolute Gasteiger partial charge is 0.264 e. The van der Waals surface area contributed by atoms with Crippen LogP contribution in [0.4, 0.5) is 25.8 Å². The van der Waals surface area contributed by atoms with Crippen molar-refractivity contribution in [2.75, 3.05) is 16.8 Å². The molecule has 2 aliphatic rings. The number of hydrogen-bond acceptors (Lipinski definition) is 3. The molecule has 5 rings (SSSR count). The number of carbonyl (C=O) groups excluding carboxylic acids is 1. The lowest BCUT2D eigenvalue weighted by atomic mass is 9.90. The molecule has 0 radical (unpaired) electrons. The van der Waals surface area contributed by atoms with Crippen LogP contribution in [0.3, 0.4) is 0 Å². The summed E-state index contributed by atoms with van der Waals surface area (Å²) in [6.07, 6.45) is 3.22. The van der Waals surface area contributed by atoms with Gasteiger partial charge in [0.15, 0.2) is 0 Å². The summed E-state index contributed by atoms with van der Waals surface area (Å²) in [7, 11) is 1.78. The molecule has 0 saturated carbocycles. The van der Waals surface area contributed by atoms with Crippen molar-refractivity contribution >= 4 is 23.0 Å². The second-order valence-electron chi connectivity index (χ2n) is 8.42. The summed E-state index contributed by atoms with van der Waals surface area (Å²) in [6, 6.07) is 9.39. The first kappa shape index (κ1) is 19.7. The number of alkyl halides is 2. The highest BCUT2D eigenvalue weighted by Gasteiger charge is 2.29. The van der Waals surface area contributed by atoms with Crippen LogP contribution >= 0.6 is 0 Å². The molecule has 1 amide bonds. The van der Waals surface area contributed by atoms with Crippen LogP contribution in [0, 0.1) is 5.92 Å². The maximum absolute atomic E-state index is 14.1. The Bertz CT molecular complexity index is 1170. The zero-order valence-corrected chi connectivity index (χ0v) is 17.5. The van der Waals surface area contributed by atoms with Gasteiger partial charge in [-0.2, -0.15) is 5.10 Å². The van der Waals surface area contributed by atoms with Crippen LogP contribution in [0.25, 0.3) is 11.1 Å². The van der Waals surface area contributed by atoms with Gasteiger partial charge < -0.3 is 10.2 Å². The fraction of sp³-hybridized carbons (Fsp3) is 0.333. The molecule has 1 aromatic heterocycles. The van der Waals surface area contributed by atoms with E-state index < -0.39 is 6.43 Å². The summed E-state index contributed by atoms with van der Waals surface area (Å²) < 4.78 is 29.8. The Labute approximate surface area is 179 Å². The van der Waals surface area contributed by atoms with Gasteiger partial charge in [0.25, 0.3) is 6.43 Å². The summed E-state index contributed by atoms with van der Waals surface area (Å²) in [4.78, 5) is 14.3. The zero-order chi connectivity index (χ0) is 21.7. The van der Waals surface area contributed by atoms with Gasteiger partial charge in [-0.15, -0.1) is 0 Å². The van der Waals surface area contributed by atoms with E-state index in [1.165, 1.54) is 0 Å². The van der Waals surface area contributed by atoms with E-state index in [0.29, 0.717) is 17.5 Å². The molecular weight excluding hydrogens is 398 g/mol. The minimum Gasteiger partial charge on any atom is -0.341 e. The van der Waals surface area contributed by atoms with Gasteiger partial charge in [0, 0.05) is 59.5 Å². The Kier molecular flexibility index (Phi) is 4.76. The molecule has 3 heterocycles. The fourth-order valence-electron chi connectivity index (χ4n) is 4.70. The number of aryl methyl sites for hydroxylation is 2. The Morgan fingerprint density at radius 1 is 1.23 bits per heavy atom. The van der Waals surface area contributed by atoms with Crippen LogP contribution in [-0.4, -0.2) is 22.2 Å². The molecule has 31 heavy (non-hydrogen) atoms. The van der Waals surface area contributed by atoms with E-state index >= 15 is 0 Å². The molecule has 2 aromatic carbocycles. The van der Waals surface area contributed by atoms with Gasteiger partial charge in [0.05, 0.1) is 6.20 Å². The minimum atomic E-state index is -2.59. The third kappa shape index (κ3) is 3.38. The number of anilines is 3. The second-order valence-corrected chi connectivity index (χ2v) is 8.42. The topological polar surface area (TPSA) is 50.2 Å². The number of nitrogens with zero attached hydrogens (tertiary/aromatic N) is 3. The first-order chi connectivity index (χ1) is 14.9. The molecule has 2 aliphatic heterocycles. The molecule has 5 nitrogen and oxygen atoms in total. The molecule has 0 spiro atoms. The lowest BCUT2D eigenvalue weighted by Gasteiger charge is -2.36. The van der Waals surface area contributed by atoms with Gasteiger partial charge in [-0.1, -0.05) is 13.0 Å². The molecule has 1 atom stereocenters. The third-order valence-electron chi connectivity index (χ3n) is 6.28. The van der Waals surface area contributed by atoms with Gasteiger partial charge in [-0.25, -0.2) is 8.78 Å². The maximum atomic E-state index is 14.1. The number of rotatable bonds is 3. The highest BCUT2D eigenvalue weighted by Crippen LogP contribution is 2.44. The zero-order valence-electron chi connectivity index (χ0n) is 17.5. The molecule has 3 aromatic rings. The first-order valence-corrected chi connectivity index (χ1v) is 10.6. The van der Waals surface area contributed by atoms with Crippen LogP contribution in [-0.2, 0) is 24.7 Å². The largest absolute Gasteiger partial charge is 0.341 e. The van der Waals surface area contributed by atoms with Gasteiger partial charge in [0.1, 0.15) is 0 Å². The number of benzene rings is 2. The molecule has 0 saturated heterocycles. The molecule has 160 valence electrons. The quantitative estimate of drug-likeness (QED) is 0.628. The van der Waals surface area contributed by atoms with Crippen LogP contribution < -0.4 is 10.2 Å². The molecule has 0 fully saturated rings. The van der Waals surface area contributed by atoms with Crippen molar-refractivity contribution in [3.05, 3.63) is 59.4 Å². The van der Waals surface area contributed by atoms with Crippen molar-refractivity contribution < 1.29 is 13.6 Å². The van der Waals surface area contributed by atoms with Gasteiger partial charge >= 0.3 is 0 Å². The molecule has 1 N–H and O–H groups in total. The molecule has 0 unspecified atom stereocenters. The Balaban J connectivity index is 1.64. The average Bonchev–Trinajstić information content (AvgIpc) is 3.19. The molecular formula is C24H24F2N4O. The predicted octanol–water partition coefficient (Wildman–Crippen LogP) is 5.24. The standard InChI is InChI=1S/C24H24F2N4O/c1-14-9-19-20(28-24(14)31)6-3-7-21(19)30-8-4-5-15-10-17(16-12-27-29(2)13-16)18(23(25)26)11-22(15)30/h3,6-7,10-14,23H,4-5,8-9H2,1-2H3,(H,28,31)/t14-/m0/s1. The number of carbonyl (C=O) groups is 1. The van der Waals surface area contributed by atoms with Gasteiger partial charge in [0.2, 0.25) is 5.91 Å². The third-order valence-corrected chi connectivity index (χ3v) is 6.28. The van der Waals surface area contributed by atoms with Crippen molar-refractivity contribution in [2.24, 2.45) is 13.0 Å². The minimum absolute atomic E-state index is 0.0183. The van der Waals surface area contributed by atoms with E-state index in [0.717, 1.165) is 47.6 Å². The van der Waals surface area contributed by atoms with Crippen molar-refractivity contribution in [1.82, 2.24) is 9.78 Å². The number of fused-ring (bicyclic) bond motifs is 2.